The van der Waals surface area contributed by atoms with Crippen molar-refractivity contribution in [2.45, 2.75) is 24.9 Å². The number of hydrogen-bond donors (Lipinski definition) is 1. The summed E-state index contributed by atoms with van der Waals surface area (Å²) in [4.78, 5) is 10.1. The van der Waals surface area contributed by atoms with Gasteiger partial charge in [0, 0.05) is 13.5 Å². The van der Waals surface area contributed by atoms with Crippen LogP contribution < -0.4 is 0 Å². The Morgan fingerprint density at radius 2 is 2.43 bits per heavy atom. The molecule has 14 heavy (non-hydrogen) atoms. The molecule has 1 aliphatic rings. The fourth-order valence-corrected chi connectivity index (χ4v) is 1.44. The average Bonchev–Trinajstić information content (AvgIpc) is 2.70. The zero-order valence-corrected chi connectivity index (χ0v) is 7.80. The SMILES string of the molecule is Cn1ncc([N+](=O)[O-])c1CC1(O)CC1. The zero-order valence-electron chi connectivity index (χ0n) is 7.80. The molecule has 1 aliphatic carbocycles. The normalized spacial score (nSPS) is 18.1. The largest absolute Gasteiger partial charge is 0.389 e. The fourth-order valence-electron chi connectivity index (χ4n) is 1.44. The Labute approximate surface area is 80.3 Å². The van der Waals surface area contributed by atoms with E-state index in [4.69, 9.17) is 0 Å². The molecule has 0 aliphatic heterocycles. The van der Waals surface area contributed by atoms with Crippen molar-refractivity contribution in [1.82, 2.24) is 9.78 Å². The summed E-state index contributed by atoms with van der Waals surface area (Å²) in [7, 11) is 1.65. The van der Waals surface area contributed by atoms with Crippen LogP contribution in [0, 0.1) is 10.1 Å². The van der Waals surface area contributed by atoms with Crippen molar-refractivity contribution in [3.63, 3.8) is 0 Å². The molecule has 0 atom stereocenters. The van der Waals surface area contributed by atoms with Crippen LogP contribution in [0.4, 0.5) is 5.69 Å². The molecule has 6 heteroatoms. The van der Waals surface area contributed by atoms with Gasteiger partial charge in [-0.05, 0) is 12.8 Å². The first kappa shape index (κ1) is 9.14. The molecule has 76 valence electrons. The predicted molar refractivity (Wildman–Crippen MR) is 47.8 cm³/mol. The van der Waals surface area contributed by atoms with Crippen molar-refractivity contribution in [2.24, 2.45) is 7.05 Å². The van der Waals surface area contributed by atoms with E-state index in [9.17, 15) is 15.2 Å². The van der Waals surface area contributed by atoms with Gasteiger partial charge in [0.2, 0.25) is 0 Å². The van der Waals surface area contributed by atoms with Gasteiger partial charge >= 0.3 is 5.69 Å². The van der Waals surface area contributed by atoms with Crippen LogP contribution in [-0.4, -0.2) is 25.4 Å². The molecule has 6 nitrogen and oxygen atoms in total. The molecule has 1 saturated carbocycles. The highest BCUT2D eigenvalue weighted by Gasteiger charge is 2.42. The summed E-state index contributed by atoms with van der Waals surface area (Å²) in [5.74, 6) is 0. The number of nitrogens with zero attached hydrogens (tertiary/aromatic N) is 3. The molecule has 0 spiro atoms. The Morgan fingerprint density at radius 3 is 2.93 bits per heavy atom. The van der Waals surface area contributed by atoms with Crippen molar-refractivity contribution in [1.29, 1.82) is 0 Å². The number of aliphatic hydroxyl groups is 1. The van der Waals surface area contributed by atoms with Gasteiger partial charge in [-0.15, -0.1) is 0 Å². The molecule has 0 bridgehead atoms. The Bertz CT molecular complexity index is 381. The van der Waals surface area contributed by atoms with E-state index in [2.05, 4.69) is 5.10 Å². The van der Waals surface area contributed by atoms with Crippen LogP contribution >= 0.6 is 0 Å². The Morgan fingerprint density at radius 1 is 1.79 bits per heavy atom. The highest BCUT2D eigenvalue weighted by molar-refractivity contribution is 5.34. The molecule has 1 aromatic heterocycles. The fraction of sp³-hybridized carbons (Fsp3) is 0.625. The van der Waals surface area contributed by atoms with E-state index in [-0.39, 0.29) is 5.69 Å². The van der Waals surface area contributed by atoms with Gasteiger partial charge in [0.05, 0.1) is 10.5 Å². The molecule has 0 amide bonds. The van der Waals surface area contributed by atoms with Gasteiger partial charge in [0.1, 0.15) is 11.9 Å². The first-order valence-electron chi connectivity index (χ1n) is 4.39. The topological polar surface area (TPSA) is 81.2 Å². The first-order chi connectivity index (χ1) is 6.52. The molecule has 1 aromatic rings. The molecule has 1 fully saturated rings. The maximum atomic E-state index is 10.6. The molecule has 0 aromatic carbocycles. The Hall–Kier alpha value is -1.43. The van der Waals surface area contributed by atoms with E-state index in [1.54, 1.807) is 7.05 Å². The van der Waals surface area contributed by atoms with E-state index in [0.717, 1.165) is 12.8 Å². The number of aromatic nitrogens is 2. The Kier molecular flexibility index (Phi) is 1.81. The molecule has 0 radical (unpaired) electrons. The molecular weight excluding hydrogens is 186 g/mol. The molecule has 1 N–H and O–H groups in total. The van der Waals surface area contributed by atoms with Gasteiger partial charge < -0.3 is 5.11 Å². The van der Waals surface area contributed by atoms with Crippen LogP contribution in [0.5, 0.6) is 0 Å². The van der Waals surface area contributed by atoms with Crippen molar-refractivity contribution in [3.8, 4) is 0 Å². The van der Waals surface area contributed by atoms with Gasteiger partial charge in [-0.25, -0.2) is 0 Å². The van der Waals surface area contributed by atoms with Gasteiger partial charge in [0.25, 0.3) is 0 Å². The van der Waals surface area contributed by atoms with Crippen molar-refractivity contribution in [3.05, 3.63) is 22.0 Å². The standard InChI is InChI=1S/C8H11N3O3/c1-10-6(4-8(12)2-3-8)7(5-9-10)11(13)14/h5,12H,2-4H2,1H3. The highest BCUT2D eigenvalue weighted by atomic mass is 16.6. The summed E-state index contributed by atoms with van der Waals surface area (Å²) in [5, 5.41) is 24.1. The lowest BCUT2D eigenvalue weighted by Gasteiger charge is -2.06. The number of rotatable bonds is 3. The van der Waals surface area contributed by atoms with E-state index in [0.29, 0.717) is 12.1 Å². The van der Waals surface area contributed by atoms with E-state index in [1.807, 2.05) is 0 Å². The minimum atomic E-state index is -0.724. The third-order valence-corrected chi connectivity index (χ3v) is 2.56. The zero-order chi connectivity index (χ0) is 10.3. The van der Waals surface area contributed by atoms with Crippen LogP contribution in [0.3, 0.4) is 0 Å². The second-order valence-electron chi connectivity index (χ2n) is 3.76. The van der Waals surface area contributed by atoms with E-state index in [1.165, 1.54) is 10.9 Å². The lowest BCUT2D eigenvalue weighted by molar-refractivity contribution is -0.385. The van der Waals surface area contributed by atoms with Gasteiger partial charge in [-0.2, -0.15) is 5.10 Å². The first-order valence-corrected chi connectivity index (χ1v) is 4.39. The smallest absolute Gasteiger partial charge is 0.310 e. The summed E-state index contributed by atoms with van der Waals surface area (Å²) in [6.45, 7) is 0. The van der Waals surface area contributed by atoms with Crippen molar-refractivity contribution in [2.75, 3.05) is 0 Å². The third-order valence-electron chi connectivity index (χ3n) is 2.56. The number of aryl methyl sites for hydroxylation is 1. The van der Waals surface area contributed by atoms with E-state index < -0.39 is 10.5 Å². The molecule has 0 unspecified atom stereocenters. The lowest BCUT2D eigenvalue weighted by Crippen LogP contribution is -2.15. The average molecular weight is 197 g/mol. The molecule has 1 heterocycles. The predicted octanol–water partition coefficient (Wildman–Crippen LogP) is 0.396. The van der Waals surface area contributed by atoms with Crippen LogP contribution in [0.15, 0.2) is 6.20 Å². The quantitative estimate of drug-likeness (QED) is 0.561. The van der Waals surface area contributed by atoms with Crippen LogP contribution in [0.1, 0.15) is 18.5 Å². The van der Waals surface area contributed by atoms with Crippen LogP contribution in [0.25, 0.3) is 0 Å². The minimum absolute atomic E-state index is 0.00664. The summed E-state index contributed by atoms with van der Waals surface area (Å²) < 4.78 is 1.45. The van der Waals surface area contributed by atoms with Gasteiger partial charge in [-0.1, -0.05) is 0 Å². The number of hydrogen-bond acceptors (Lipinski definition) is 4. The third kappa shape index (κ3) is 1.48. The van der Waals surface area contributed by atoms with Crippen molar-refractivity contribution < 1.29 is 10.0 Å². The van der Waals surface area contributed by atoms with Crippen LogP contribution in [0.2, 0.25) is 0 Å². The molecular formula is C8H11N3O3. The van der Waals surface area contributed by atoms with Gasteiger partial charge in [0.15, 0.2) is 0 Å². The van der Waals surface area contributed by atoms with Crippen molar-refractivity contribution >= 4 is 5.69 Å². The second kappa shape index (κ2) is 2.78. The van der Waals surface area contributed by atoms with Gasteiger partial charge in [-0.3, -0.25) is 14.8 Å². The molecule has 0 saturated heterocycles. The highest BCUT2D eigenvalue weighted by Crippen LogP contribution is 2.39. The monoisotopic (exact) mass is 197 g/mol. The van der Waals surface area contributed by atoms with E-state index >= 15 is 0 Å². The summed E-state index contributed by atoms with van der Waals surface area (Å²) >= 11 is 0. The summed E-state index contributed by atoms with van der Waals surface area (Å²) in [6, 6.07) is 0. The molecule has 2 rings (SSSR count). The Balaban J connectivity index is 2.30. The number of nitro groups is 1. The minimum Gasteiger partial charge on any atom is -0.389 e. The maximum absolute atomic E-state index is 10.6. The second-order valence-corrected chi connectivity index (χ2v) is 3.76. The van der Waals surface area contributed by atoms with Crippen LogP contribution in [-0.2, 0) is 13.5 Å². The summed E-state index contributed by atoms with van der Waals surface area (Å²) in [5.41, 5.74) is -0.235. The summed E-state index contributed by atoms with van der Waals surface area (Å²) in [6.07, 6.45) is 2.98. The maximum Gasteiger partial charge on any atom is 0.310 e. The lowest BCUT2D eigenvalue weighted by atomic mass is 10.1.